The Bertz CT molecular complexity index is 1540. The molecule has 0 radical (unpaired) electrons. The summed E-state index contributed by atoms with van der Waals surface area (Å²) >= 11 is 6.03. The maximum absolute atomic E-state index is 10.1. The minimum absolute atomic E-state index is 0.294. The number of anilines is 1. The zero-order chi connectivity index (χ0) is 31.4. The third-order valence-corrected chi connectivity index (χ3v) is 9.27. The van der Waals surface area contributed by atoms with E-state index in [-0.39, 0.29) is 0 Å². The van der Waals surface area contributed by atoms with Gasteiger partial charge < -0.3 is 25.1 Å². The van der Waals surface area contributed by atoms with Crippen molar-refractivity contribution in [2.75, 3.05) is 5.73 Å². The fraction of sp³-hybridized carbons (Fsp3) is 0.562. The molecule has 232 valence electrons. The smallest absolute Gasteiger partial charge is 0.138 e. The van der Waals surface area contributed by atoms with E-state index in [9.17, 15) is 10.2 Å². The lowest BCUT2D eigenvalue weighted by molar-refractivity contribution is 0.175. The number of nitrogens with two attached hydrogens (primary N) is 1. The quantitative estimate of drug-likeness (QED) is 0.204. The molecule has 4 aromatic heterocycles. The number of fused-ring (bicyclic) bond motifs is 2. The summed E-state index contributed by atoms with van der Waals surface area (Å²) in [5, 5.41) is 38.2. The summed E-state index contributed by atoms with van der Waals surface area (Å²) < 4.78 is 4.25. The normalized spacial score (nSPS) is 23.3. The molecule has 0 amide bonds. The van der Waals surface area contributed by atoms with E-state index in [0.29, 0.717) is 59.4 Å². The van der Waals surface area contributed by atoms with Gasteiger partial charge in [0, 0.05) is 37.1 Å². The van der Waals surface area contributed by atoms with Crippen molar-refractivity contribution in [3.05, 3.63) is 41.3 Å². The van der Waals surface area contributed by atoms with E-state index in [1.54, 1.807) is 26.2 Å². The Morgan fingerprint density at radius 1 is 0.795 bits per heavy atom. The van der Waals surface area contributed by atoms with Crippen LogP contribution in [0.4, 0.5) is 5.82 Å². The lowest BCUT2D eigenvalue weighted by atomic mass is 9.84. The minimum Gasteiger partial charge on any atom is -0.385 e. The molecule has 6 rings (SSSR count). The Kier molecular flexibility index (Phi) is 10.00. The molecule has 0 spiro atoms. The number of nitrogens with zero attached hydrogens (tertiary/aromatic N) is 8. The van der Waals surface area contributed by atoms with E-state index in [1.165, 1.54) is 0 Å². The number of aliphatic hydroxyl groups excluding tert-OH is 2. The van der Waals surface area contributed by atoms with Gasteiger partial charge in [-0.2, -0.15) is 10.5 Å². The van der Waals surface area contributed by atoms with Gasteiger partial charge in [0.15, 0.2) is 0 Å². The Hall–Kier alpha value is -3.77. The number of hydrogen-bond donors (Lipinski definition) is 3. The van der Waals surface area contributed by atoms with Gasteiger partial charge in [0.05, 0.1) is 35.6 Å². The van der Waals surface area contributed by atoms with Crippen LogP contribution < -0.4 is 5.73 Å². The molecule has 12 heteroatoms. The van der Waals surface area contributed by atoms with Gasteiger partial charge in [-0.15, -0.1) is 0 Å². The van der Waals surface area contributed by atoms with E-state index in [1.807, 2.05) is 12.1 Å². The maximum Gasteiger partial charge on any atom is 0.138 e. The monoisotopic (exact) mass is 617 g/mol. The second kappa shape index (κ2) is 13.9. The third-order valence-electron chi connectivity index (χ3n) is 9.06. The van der Waals surface area contributed by atoms with E-state index in [2.05, 4.69) is 41.2 Å². The van der Waals surface area contributed by atoms with Crippen LogP contribution in [0.15, 0.2) is 24.5 Å². The number of nitrogen functional groups attached to an aromatic ring is 1. The fourth-order valence-electron chi connectivity index (χ4n) is 6.86. The third kappa shape index (κ3) is 6.81. The summed E-state index contributed by atoms with van der Waals surface area (Å²) in [6, 6.07) is 8.78. The van der Waals surface area contributed by atoms with Gasteiger partial charge in [-0.25, -0.2) is 19.9 Å². The predicted octanol–water partition coefficient (Wildman–Crippen LogP) is 6.49. The molecule has 2 saturated carbocycles. The Morgan fingerprint density at radius 3 is 1.66 bits per heavy atom. The number of imidazole rings is 2. The summed E-state index contributed by atoms with van der Waals surface area (Å²) in [5.41, 5.74) is 9.22. The number of halogens is 1. The second-order valence-electron chi connectivity index (χ2n) is 12.2. The van der Waals surface area contributed by atoms with Crippen molar-refractivity contribution in [1.82, 2.24) is 29.1 Å². The van der Waals surface area contributed by atoms with Crippen LogP contribution in [0.1, 0.15) is 114 Å². The Morgan fingerprint density at radius 2 is 1.23 bits per heavy atom. The molecule has 4 N–H and O–H groups in total. The highest BCUT2D eigenvalue weighted by Gasteiger charge is 2.28. The van der Waals surface area contributed by atoms with E-state index in [0.717, 1.165) is 73.4 Å². The molecule has 4 heterocycles. The van der Waals surface area contributed by atoms with Crippen LogP contribution in [-0.4, -0.2) is 39.3 Å². The first-order valence-electron chi connectivity index (χ1n) is 15.5. The van der Waals surface area contributed by atoms with Gasteiger partial charge in [-0.05, 0) is 77.0 Å². The number of aliphatic hydroxyl groups is 2. The largest absolute Gasteiger partial charge is 0.385 e. The van der Waals surface area contributed by atoms with E-state index < -0.39 is 12.2 Å². The van der Waals surface area contributed by atoms with Crippen LogP contribution in [0.2, 0.25) is 5.15 Å². The summed E-state index contributed by atoms with van der Waals surface area (Å²) in [7, 11) is 0. The molecule has 2 unspecified atom stereocenters. The molecule has 2 aliphatic rings. The number of nitriles is 2. The number of aromatic nitrogens is 6. The second-order valence-corrected chi connectivity index (χ2v) is 12.6. The van der Waals surface area contributed by atoms with Crippen LogP contribution in [-0.2, 0) is 0 Å². The lowest BCUT2D eigenvalue weighted by Gasteiger charge is -2.30. The van der Waals surface area contributed by atoms with Crippen molar-refractivity contribution < 1.29 is 10.2 Å². The molecule has 4 aromatic rings. The zero-order valence-corrected chi connectivity index (χ0v) is 26.0. The SMILES string of the molecule is CC(O)c1nc2cnc(Cl)cc2n1C1CCC(CC#N)CC1.CC(O)c1nc2cnc(N)cc2n1C1CCC(CC#N)CC1. The van der Waals surface area contributed by atoms with Crippen LogP contribution >= 0.6 is 11.6 Å². The van der Waals surface area contributed by atoms with E-state index in [4.69, 9.17) is 27.9 Å². The van der Waals surface area contributed by atoms with Gasteiger partial charge >= 0.3 is 0 Å². The van der Waals surface area contributed by atoms with Crippen molar-refractivity contribution in [3.63, 3.8) is 0 Å². The van der Waals surface area contributed by atoms with Crippen LogP contribution in [0.25, 0.3) is 22.1 Å². The lowest BCUT2D eigenvalue weighted by Crippen LogP contribution is -2.20. The number of pyridine rings is 2. The molecular formula is C32H40ClN9O2. The zero-order valence-electron chi connectivity index (χ0n) is 25.3. The number of hydrogen-bond acceptors (Lipinski definition) is 9. The first kappa shape index (κ1) is 31.6. The molecule has 0 bridgehead atoms. The molecule has 0 aliphatic heterocycles. The van der Waals surface area contributed by atoms with Crippen LogP contribution in [0.5, 0.6) is 0 Å². The topological polar surface area (TPSA) is 175 Å². The summed E-state index contributed by atoms with van der Waals surface area (Å²) in [6.45, 7) is 3.46. The first-order chi connectivity index (χ1) is 21.2. The first-order valence-corrected chi connectivity index (χ1v) is 15.8. The highest BCUT2D eigenvalue weighted by Crippen LogP contribution is 2.39. The van der Waals surface area contributed by atoms with Crippen molar-refractivity contribution in [2.45, 2.75) is 102 Å². The Balaban J connectivity index is 0.000000175. The van der Waals surface area contributed by atoms with E-state index >= 15 is 0 Å². The van der Waals surface area contributed by atoms with Gasteiger partial charge in [-0.1, -0.05) is 11.6 Å². The van der Waals surface area contributed by atoms with Crippen molar-refractivity contribution >= 4 is 39.5 Å². The molecule has 0 saturated heterocycles. The number of rotatable bonds is 6. The van der Waals surface area contributed by atoms with Crippen molar-refractivity contribution in [2.24, 2.45) is 11.8 Å². The molecule has 11 nitrogen and oxygen atoms in total. The predicted molar refractivity (Wildman–Crippen MR) is 168 cm³/mol. The van der Waals surface area contributed by atoms with Crippen LogP contribution in [0.3, 0.4) is 0 Å². The van der Waals surface area contributed by atoms with Gasteiger partial charge in [-0.3, -0.25) is 0 Å². The standard InChI is InChI=1S/C16H19ClN4O.C16H21N5O/c1-10(22)16-20-13-9-19-15(17)8-14(13)21(16)12-4-2-11(3-5-12)6-7-18;1-10(22)16-20-13-9-19-15(18)8-14(13)21(16)12-4-2-11(3-5-12)6-7-17/h8-12,22H,2-6H2,1H3;8-12,22H,2-6H2,1H3,(H2,18,19). The molecule has 44 heavy (non-hydrogen) atoms. The molecule has 2 aliphatic carbocycles. The highest BCUT2D eigenvalue weighted by atomic mass is 35.5. The van der Waals surface area contributed by atoms with Gasteiger partial charge in [0.1, 0.15) is 45.9 Å². The molecule has 2 atom stereocenters. The van der Waals surface area contributed by atoms with Crippen molar-refractivity contribution in [3.8, 4) is 12.1 Å². The van der Waals surface area contributed by atoms with Gasteiger partial charge in [0.25, 0.3) is 0 Å². The van der Waals surface area contributed by atoms with Crippen molar-refractivity contribution in [1.29, 1.82) is 10.5 Å². The molecular weight excluding hydrogens is 578 g/mol. The molecule has 2 fully saturated rings. The summed E-state index contributed by atoms with van der Waals surface area (Å²) in [6.07, 6.45) is 11.5. The summed E-state index contributed by atoms with van der Waals surface area (Å²) in [4.78, 5) is 17.2. The average Bonchev–Trinajstić information content (AvgIpc) is 3.57. The molecule has 0 aromatic carbocycles. The average molecular weight is 618 g/mol. The fourth-order valence-corrected chi connectivity index (χ4v) is 7.01. The van der Waals surface area contributed by atoms with Gasteiger partial charge in [0.2, 0.25) is 0 Å². The maximum atomic E-state index is 10.1. The highest BCUT2D eigenvalue weighted by molar-refractivity contribution is 6.29. The minimum atomic E-state index is -0.636. The van der Waals surface area contributed by atoms with Crippen LogP contribution in [0, 0.1) is 34.5 Å². The Labute approximate surface area is 262 Å². The summed E-state index contributed by atoms with van der Waals surface area (Å²) in [5.74, 6) is 2.80.